The fraction of sp³-hybridized carbons (Fsp3) is 0.0588. The van der Waals surface area contributed by atoms with Crippen molar-refractivity contribution in [3.8, 4) is 67.7 Å². The lowest BCUT2D eigenvalue weighted by atomic mass is 9.82. The molecule has 0 unspecified atom stereocenters. The van der Waals surface area contributed by atoms with E-state index in [1.165, 1.54) is 22.3 Å². The van der Waals surface area contributed by atoms with Crippen LogP contribution in [-0.4, -0.2) is 19.9 Å². The lowest BCUT2D eigenvalue weighted by Gasteiger charge is -2.21. The summed E-state index contributed by atoms with van der Waals surface area (Å²) < 4.78 is 6.32. The van der Waals surface area contributed by atoms with Crippen LogP contribution < -0.4 is 0 Å². The summed E-state index contributed by atoms with van der Waals surface area (Å²) in [6, 6.07) is 59.1. The lowest BCUT2D eigenvalue weighted by molar-refractivity contribution is 0.660. The Bertz CT molecular complexity index is 3160. The van der Waals surface area contributed by atoms with Crippen molar-refractivity contribution in [2.75, 3.05) is 0 Å². The van der Waals surface area contributed by atoms with Gasteiger partial charge in [0, 0.05) is 43.8 Å². The summed E-state index contributed by atoms with van der Waals surface area (Å²) in [5.74, 6) is 1.93. The molecule has 11 rings (SSSR count). The SMILES string of the molecule is CC1(C)c2ccccc2-c2ccc(-c3nc(-c4ccccc4)nc(-c4ccc(-c5cccc(-c6nc7c8ccccc8oc7c7ccccc67)c5)cc4)n3)cc21. The number of hydrogen-bond acceptors (Lipinski definition) is 5. The monoisotopic (exact) mass is 718 g/mol. The van der Waals surface area contributed by atoms with Crippen molar-refractivity contribution >= 4 is 32.8 Å². The Morgan fingerprint density at radius 1 is 0.393 bits per heavy atom. The molecule has 5 nitrogen and oxygen atoms in total. The molecule has 10 aromatic rings. The quantitative estimate of drug-likeness (QED) is 0.177. The Balaban J connectivity index is 0.985. The van der Waals surface area contributed by atoms with Gasteiger partial charge in [-0.15, -0.1) is 0 Å². The van der Waals surface area contributed by atoms with Crippen molar-refractivity contribution in [3.63, 3.8) is 0 Å². The summed E-state index contributed by atoms with van der Waals surface area (Å²) in [5, 5.41) is 3.13. The minimum absolute atomic E-state index is 0.128. The van der Waals surface area contributed by atoms with Crippen LogP contribution >= 0.6 is 0 Å². The first-order valence-corrected chi connectivity index (χ1v) is 19.0. The van der Waals surface area contributed by atoms with Gasteiger partial charge in [-0.05, 0) is 57.6 Å². The number of benzene rings is 7. The molecule has 0 aliphatic heterocycles. The smallest absolute Gasteiger partial charge is 0.164 e. The normalized spacial score (nSPS) is 13.0. The maximum Gasteiger partial charge on any atom is 0.164 e. The van der Waals surface area contributed by atoms with E-state index in [2.05, 4.69) is 135 Å². The third kappa shape index (κ3) is 5.09. The van der Waals surface area contributed by atoms with Gasteiger partial charge in [0.15, 0.2) is 23.1 Å². The van der Waals surface area contributed by atoms with E-state index in [1.807, 2.05) is 48.5 Å². The van der Waals surface area contributed by atoms with Crippen LogP contribution in [0.1, 0.15) is 25.0 Å². The molecular formula is C51H34N4O. The molecule has 0 spiro atoms. The molecule has 0 fully saturated rings. The van der Waals surface area contributed by atoms with Gasteiger partial charge in [-0.3, -0.25) is 0 Å². The number of hydrogen-bond donors (Lipinski definition) is 0. The van der Waals surface area contributed by atoms with Crippen molar-refractivity contribution in [2.24, 2.45) is 0 Å². The van der Waals surface area contributed by atoms with E-state index < -0.39 is 0 Å². The maximum absolute atomic E-state index is 6.32. The largest absolute Gasteiger partial charge is 0.454 e. The molecule has 0 saturated heterocycles. The van der Waals surface area contributed by atoms with Crippen molar-refractivity contribution in [1.29, 1.82) is 0 Å². The second kappa shape index (κ2) is 12.4. The molecule has 5 heteroatoms. The van der Waals surface area contributed by atoms with E-state index >= 15 is 0 Å². The Morgan fingerprint density at radius 3 is 1.77 bits per heavy atom. The zero-order chi connectivity index (χ0) is 37.4. The number of pyridine rings is 1. The van der Waals surface area contributed by atoms with Crippen LogP contribution in [0.2, 0.25) is 0 Å². The minimum Gasteiger partial charge on any atom is -0.454 e. The molecule has 0 N–H and O–H groups in total. The van der Waals surface area contributed by atoms with E-state index in [-0.39, 0.29) is 5.41 Å². The zero-order valence-corrected chi connectivity index (χ0v) is 30.9. The average molecular weight is 719 g/mol. The van der Waals surface area contributed by atoms with E-state index in [4.69, 9.17) is 24.4 Å². The first kappa shape index (κ1) is 32.2. The first-order valence-electron chi connectivity index (χ1n) is 19.0. The molecule has 0 amide bonds. The second-order valence-electron chi connectivity index (χ2n) is 15.0. The molecule has 7 aromatic carbocycles. The molecule has 0 bridgehead atoms. The Hall–Kier alpha value is -7.24. The first-order chi connectivity index (χ1) is 27.5. The molecule has 0 radical (unpaired) electrons. The summed E-state index contributed by atoms with van der Waals surface area (Å²) in [4.78, 5) is 20.4. The van der Waals surface area contributed by atoms with Gasteiger partial charge in [0.1, 0.15) is 11.1 Å². The highest BCUT2D eigenvalue weighted by molar-refractivity contribution is 6.16. The van der Waals surface area contributed by atoms with Gasteiger partial charge in [0.25, 0.3) is 0 Å². The number of para-hydroxylation sites is 1. The third-order valence-electron chi connectivity index (χ3n) is 11.3. The number of fused-ring (bicyclic) bond motifs is 8. The van der Waals surface area contributed by atoms with Crippen molar-refractivity contribution in [3.05, 3.63) is 181 Å². The standard InChI is InChI=1S/C51H34N4O/c1-51(2)42-21-10-8-17-37(42)38-28-27-36(30-43(38)51)50-54-48(32-13-4-3-5-14-32)53-49(55-50)33-25-23-31(24-26-33)34-15-12-16-35(29-34)45-39-18-6-7-19-40(39)47-46(52-45)41-20-9-11-22-44(41)56-47/h3-30H,1-2H3. The number of furan rings is 1. The molecule has 3 aromatic heterocycles. The van der Waals surface area contributed by atoms with Crippen LogP contribution in [0.15, 0.2) is 174 Å². The van der Waals surface area contributed by atoms with Gasteiger partial charge in [-0.1, -0.05) is 159 Å². The third-order valence-corrected chi connectivity index (χ3v) is 11.3. The number of rotatable bonds is 5. The van der Waals surface area contributed by atoms with Crippen LogP contribution in [0, 0.1) is 0 Å². The lowest BCUT2D eigenvalue weighted by Crippen LogP contribution is -2.15. The summed E-state index contributed by atoms with van der Waals surface area (Å²) in [5.41, 5.74) is 14.6. The van der Waals surface area contributed by atoms with Crippen molar-refractivity contribution in [2.45, 2.75) is 19.3 Å². The number of nitrogens with zero attached hydrogens (tertiary/aromatic N) is 4. The Morgan fingerprint density at radius 2 is 0.964 bits per heavy atom. The van der Waals surface area contributed by atoms with Crippen LogP contribution in [0.5, 0.6) is 0 Å². The molecule has 3 heterocycles. The second-order valence-corrected chi connectivity index (χ2v) is 15.0. The molecular weight excluding hydrogens is 685 g/mol. The highest BCUT2D eigenvalue weighted by Crippen LogP contribution is 2.49. The van der Waals surface area contributed by atoms with Crippen molar-refractivity contribution in [1.82, 2.24) is 19.9 Å². The van der Waals surface area contributed by atoms with Gasteiger partial charge in [-0.2, -0.15) is 0 Å². The van der Waals surface area contributed by atoms with Crippen LogP contribution in [0.4, 0.5) is 0 Å². The van der Waals surface area contributed by atoms with Crippen LogP contribution in [0.3, 0.4) is 0 Å². The summed E-state index contributed by atoms with van der Waals surface area (Å²) in [7, 11) is 0. The van der Waals surface area contributed by atoms with Gasteiger partial charge < -0.3 is 4.42 Å². The highest BCUT2D eigenvalue weighted by atomic mass is 16.3. The summed E-state index contributed by atoms with van der Waals surface area (Å²) in [6.45, 7) is 4.59. The molecule has 56 heavy (non-hydrogen) atoms. The van der Waals surface area contributed by atoms with E-state index in [0.717, 1.165) is 71.9 Å². The van der Waals surface area contributed by atoms with E-state index in [0.29, 0.717) is 17.5 Å². The topological polar surface area (TPSA) is 64.7 Å². The summed E-state index contributed by atoms with van der Waals surface area (Å²) in [6.07, 6.45) is 0. The fourth-order valence-electron chi connectivity index (χ4n) is 8.46. The predicted molar refractivity (Wildman–Crippen MR) is 227 cm³/mol. The molecule has 1 aliphatic rings. The molecule has 1 aliphatic carbocycles. The number of aromatic nitrogens is 4. The van der Waals surface area contributed by atoms with Gasteiger partial charge in [0.05, 0.1) is 5.69 Å². The maximum atomic E-state index is 6.32. The Labute approximate surface area is 324 Å². The van der Waals surface area contributed by atoms with Crippen LogP contribution in [0.25, 0.3) is 101 Å². The Kier molecular flexibility index (Phi) is 7.13. The van der Waals surface area contributed by atoms with E-state index in [9.17, 15) is 0 Å². The van der Waals surface area contributed by atoms with Gasteiger partial charge in [-0.25, -0.2) is 19.9 Å². The highest BCUT2D eigenvalue weighted by Gasteiger charge is 2.35. The molecule has 0 atom stereocenters. The fourth-order valence-corrected chi connectivity index (χ4v) is 8.46. The molecule has 264 valence electrons. The van der Waals surface area contributed by atoms with Gasteiger partial charge in [0.2, 0.25) is 0 Å². The van der Waals surface area contributed by atoms with Crippen LogP contribution in [-0.2, 0) is 5.41 Å². The van der Waals surface area contributed by atoms with E-state index in [1.54, 1.807) is 0 Å². The zero-order valence-electron chi connectivity index (χ0n) is 30.9. The van der Waals surface area contributed by atoms with Gasteiger partial charge >= 0.3 is 0 Å². The minimum atomic E-state index is -0.128. The predicted octanol–water partition coefficient (Wildman–Crippen LogP) is 13.0. The average Bonchev–Trinajstić information content (AvgIpc) is 3.75. The summed E-state index contributed by atoms with van der Waals surface area (Å²) >= 11 is 0. The molecule has 0 saturated carbocycles. The van der Waals surface area contributed by atoms with Crippen molar-refractivity contribution < 1.29 is 4.42 Å².